The Morgan fingerprint density at radius 2 is 1.85 bits per heavy atom. The van der Waals surface area contributed by atoms with Crippen molar-refractivity contribution in [3.63, 3.8) is 0 Å². The van der Waals surface area contributed by atoms with E-state index >= 15 is 0 Å². The molecule has 0 amide bonds. The second-order valence-electron chi connectivity index (χ2n) is 8.34. The molecular weight excluding hydrogens is 324 g/mol. The Hall–Kier alpha value is -1.75. The van der Waals surface area contributed by atoms with E-state index in [0.717, 1.165) is 45.2 Å². The van der Waals surface area contributed by atoms with Crippen LogP contribution in [0.1, 0.15) is 46.1 Å². The number of ether oxygens (including phenoxy) is 1. The lowest BCUT2D eigenvalue weighted by Gasteiger charge is -2.29. The van der Waals surface area contributed by atoms with E-state index in [2.05, 4.69) is 72.5 Å². The van der Waals surface area contributed by atoms with E-state index in [4.69, 9.17) is 4.74 Å². The maximum absolute atomic E-state index is 5.42. The first-order valence-electron chi connectivity index (χ1n) is 9.76. The van der Waals surface area contributed by atoms with Gasteiger partial charge in [0.15, 0.2) is 5.96 Å². The molecule has 1 aromatic carbocycles. The molecule has 5 nitrogen and oxygen atoms in total. The van der Waals surface area contributed by atoms with Gasteiger partial charge < -0.3 is 20.3 Å². The molecular formula is C21H36N4O. The van der Waals surface area contributed by atoms with Gasteiger partial charge in [0.25, 0.3) is 0 Å². The van der Waals surface area contributed by atoms with Gasteiger partial charge in [-0.25, -0.2) is 0 Å². The molecule has 1 unspecified atom stereocenters. The molecule has 2 N–H and O–H groups in total. The van der Waals surface area contributed by atoms with Crippen LogP contribution in [0.3, 0.4) is 0 Å². The lowest BCUT2D eigenvalue weighted by Crippen LogP contribution is -2.42. The molecule has 1 saturated heterocycles. The molecule has 0 radical (unpaired) electrons. The maximum atomic E-state index is 5.42. The number of nitrogens with zero attached hydrogens (tertiary/aromatic N) is 2. The topological polar surface area (TPSA) is 48.9 Å². The highest BCUT2D eigenvalue weighted by Crippen LogP contribution is 2.21. The van der Waals surface area contributed by atoms with Crippen molar-refractivity contribution >= 4 is 11.6 Å². The summed E-state index contributed by atoms with van der Waals surface area (Å²) in [7, 11) is 1.83. The van der Waals surface area contributed by atoms with Crippen LogP contribution >= 0.6 is 0 Å². The Labute approximate surface area is 159 Å². The Kier molecular flexibility index (Phi) is 7.76. The van der Waals surface area contributed by atoms with Gasteiger partial charge in [0, 0.05) is 38.4 Å². The van der Waals surface area contributed by atoms with Crippen molar-refractivity contribution in [2.45, 2.75) is 53.1 Å². The van der Waals surface area contributed by atoms with Crippen molar-refractivity contribution in [2.75, 3.05) is 38.3 Å². The van der Waals surface area contributed by atoms with E-state index in [1.807, 2.05) is 7.05 Å². The average Bonchev–Trinajstić information content (AvgIpc) is 2.64. The number of rotatable bonds is 6. The molecule has 0 aliphatic carbocycles. The predicted molar refractivity (Wildman–Crippen MR) is 111 cm³/mol. The molecule has 1 fully saturated rings. The highest BCUT2D eigenvalue weighted by molar-refractivity contribution is 5.79. The van der Waals surface area contributed by atoms with Gasteiger partial charge in [-0.05, 0) is 42.9 Å². The van der Waals surface area contributed by atoms with Crippen LogP contribution in [0.15, 0.2) is 29.3 Å². The fourth-order valence-electron chi connectivity index (χ4n) is 2.98. The zero-order chi connectivity index (χ0) is 19.0. The third kappa shape index (κ3) is 7.24. The van der Waals surface area contributed by atoms with Crippen LogP contribution < -0.4 is 15.5 Å². The molecule has 0 bridgehead atoms. The zero-order valence-electron chi connectivity index (χ0n) is 17.1. The quantitative estimate of drug-likeness (QED) is 0.603. The summed E-state index contributed by atoms with van der Waals surface area (Å²) < 4.78 is 5.42. The molecule has 0 aromatic heterocycles. The number of benzene rings is 1. The first-order chi connectivity index (χ1) is 12.4. The summed E-state index contributed by atoms with van der Waals surface area (Å²) in [4.78, 5) is 6.72. The number of hydrogen-bond donors (Lipinski definition) is 2. The highest BCUT2D eigenvalue weighted by atomic mass is 16.5. The van der Waals surface area contributed by atoms with Gasteiger partial charge in [-0.3, -0.25) is 4.99 Å². The molecule has 2 rings (SSSR count). The van der Waals surface area contributed by atoms with E-state index < -0.39 is 0 Å². The van der Waals surface area contributed by atoms with Crippen molar-refractivity contribution in [3.8, 4) is 0 Å². The van der Waals surface area contributed by atoms with Gasteiger partial charge in [-0.1, -0.05) is 32.9 Å². The largest absolute Gasteiger partial charge is 0.378 e. The molecule has 0 spiro atoms. The number of guanidine groups is 1. The number of aliphatic imine (C=N–C) groups is 1. The van der Waals surface area contributed by atoms with Gasteiger partial charge in [-0.15, -0.1) is 0 Å². The summed E-state index contributed by atoms with van der Waals surface area (Å²) in [6, 6.07) is 9.18. The molecule has 1 aliphatic heterocycles. The maximum Gasteiger partial charge on any atom is 0.191 e. The molecule has 1 aliphatic rings. The third-order valence-electron chi connectivity index (χ3n) is 4.71. The number of nitrogens with one attached hydrogen (secondary N) is 2. The van der Waals surface area contributed by atoms with Gasteiger partial charge in [0.2, 0.25) is 0 Å². The molecule has 5 heteroatoms. The SMILES string of the molecule is CN=C(NCc1ccc(N2CCOCC2)cc1)NC(C)CCC(C)(C)C. The Morgan fingerprint density at radius 1 is 1.19 bits per heavy atom. The predicted octanol–water partition coefficient (Wildman–Crippen LogP) is 3.40. The highest BCUT2D eigenvalue weighted by Gasteiger charge is 2.13. The van der Waals surface area contributed by atoms with Crippen LogP contribution in [0.2, 0.25) is 0 Å². The van der Waals surface area contributed by atoms with E-state index in [1.165, 1.54) is 17.7 Å². The van der Waals surface area contributed by atoms with Crippen molar-refractivity contribution in [1.29, 1.82) is 0 Å². The van der Waals surface area contributed by atoms with Gasteiger partial charge >= 0.3 is 0 Å². The first kappa shape index (κ1) is 20.6. The number of morpholine rings is 1. The molecule has 1 atom stereocenters. The van der Waals surface area contributed by atoms with Crippen LogP contribution in [0.25, 0.3) is 0 Å². The van der Waals surface area contributed by atoms with E-state index in [1.54, 1.807) is 0 Å². The second-order valence-corrected chi connectivity index (χ2v) is 8.34. The standard InChI is InChI=1S/C21H36N4O/c1-17(10-11-21(2,3)4)24-20(22-5)23-16-18-6-8-19(9-7-18)25-12-14-26-15-13-25/h6-9,17H,10-16H2,1-5H3,(H2,22,23,24). The smallest absolute Gasteiger partial charge is 0.191 e. The van der Waals surface area contributed by atoms with Crippen LogP contribution in [0, 0.1) is 5.41 Å². The molecule has 146 valence electrons. The third-order valence-corrected chi connectivity index (χ3v) is 4.71. The fourth-order valence-corrected chi connectivity index (χ4v) is 2.98. The van der Waals surface area contributed by atoms with Crippen LogP contribution in [0.4, 0.5) is 5.69 Å². The summed E-state index contributed by atoms with van der Waals surface area (Å²) in [6.45, 7) is 13.4. The van der Waals surface area contributed by atoms with Crippen molar-refractivity contribution < 1.29 is 4.74 Å². The summed E-state index contributed by atoms with van der Waals surface area (Å²) in [5.74, 6) is 0.865. The minimum absolute atomic E-state index is 0.370. The number of anilines is 1. The van der Waals surface area contributed by atoms with E-state index in [-0.39, 0.29) is 0 Å². The van der Waals surface area contributed by atoms with Gasteiger partial charge in [0.1, 0.15) is 0 Å². The van der Waals surface area contributed by atoms with Crippen LogP contribution in [-0.4, -0.2) is 45.4 Å². The number of hydrogen-bond acceptors (Lipinski definition) is 3. The lowest BCUT2D eigenvalue weighted by molar-refractivity contribution is 0.122. The average molecular weight is 361 g/mol. The summed E-state index contributed by atoms with van der Waals surface area (Å²) >= 11 is 0. The Morgan fingerprint density at radius 3 is 2.42 bits per heavy atom. The van der Waals surface area contributed by atoms with Gasteiger partial charge in [-0.2, -0.15) is 0 Å². The summed E-state index contributed by atoms with van der Waals surface area (Å²) in [6.07, 6.45) is 2.33. The van der Waals surface area contributed by atoms with Crippen molar-refractivity contribution in [1.82, 2.24) is 10.6 Å². The minimum atomic E-state index is 0.370. The normalized spacial score (nSPS) is 17.1. The van der Waals surface area contributed by atoms with Crippen LogP contribution in [0.5, 0.6) is 0 Å². The van der Waals surface area contributed by atoms with Crippen molar-refractivity contribution in [3.05, 3.63) is 29.8 Å². The summed E-state index contributed by atoms with van der Waals surface area (Å²) in [5, 5.41) is 6.91. The zero-order valence-corrected chi connectivity index (χ0v) is 17.1. The van der Waals surface area contributed by atoms with E-state index in [9.17, 15) is 0 Å². The van der Waals surface area contributed by atoms with Crippen LogP contribution in [-0.2, 0) is 11.3 Å². The monoisotopic (exact) mass is 360 g/mol. The minimum Gasteiger partial charge on any atom is -0.378 e. The molecule has 1 heterocycles. The second kappa shape index (κ2) is 9.81. The fraction of sp³-hybridized carbons (Fsp3) is 0.667. The lowest BCUT2D eigenvalue weighted by atomic mass is 9.89. The van der Waals surface area contributed by atoms with Crippen molar-refractivity contribution in [2.24, 2.45) is 10.4 Å². The van der Waals surface area contributed by atoms with Gasteiger partial charge in [0.05, 0.1) is 13.2 Å². The summed E-state index contributed by atoms with van der Waals surface area (Å²) in [5.41, 5.74) is 2.90. The first-order valence-corrected chi connectivity index (χ1v) is 9.76. The molecule has 0 saturated carbocycles. The Balaban J connectivity index is 1.78. The van der Waals surface area contributed by atoms with E-state index in [0.29, 0.717) is 11.5 Å². The molecule has 26 heavy (non-hydrogen) atoms. The molecule has 1 aromatic rings. The Bertz CT molecular complexity index is 556.